The maximum Gasteiger partial charge on any atom is 0.291 e. The van der Waals surface area contributed by atoms with Crippen molar-refractivity contribution < 1.29 is 4.79 Å². The molecule has 0 unspecified atom stereocenters. The fourth-order valence-electron chi connectivity index (χ4n) is 2.63. The smallest absolute Gasteiger partial charge is 0.291 e. The zero-order valence-electron chi connectivity index (χ0n) is 14.9. The van der Waals surface area contributed by atoms with Crippen LogP contribution < -0.4 is 10.2 Å². The molecule has 0 radical (unpaired) electrons. The van der Waals surface area contributed by atoms with Gasteiger partial charge in [0.05, 0.1) is 0 Å². The summed E-state index contributed by atoms with van der Waals surface area (Å²) in [6, 6.07) is 10.1. The molecular weight excluding hydrogens is 316 g/mol. The van der Waals surface area contributed by atoms with E-state index < -0.39 is 0 Å². The lowest BCUT2D eigenvalue weighted by molar-refractivity contribution is 0.0930. The molecule has 1 N–H and O–H groups in total. The third kappa shape index (κ3) is 3.76. The monoisotopic (exact) mass is 338 g/mol. The Kier molecular flexibility index (Phi) is 4.65. The molecule has 0 fully saturated rings. The highest BCUT2D eigenvalue weighted by molar-refractivity contribution is 5.91. The first-order valence-electron chi connectivity index (χ1n) is 8.19. The molecule has 0 aliphatic heterocycles. The second-order valence-electron chi connectivity index (χ2n) is 6.37. The van der Waals surface area contributed by atoms with E-state index in [9.17, 15) is 4.79 Å². The molecule has 3 aromatic rings. The van der Waals surface area contributed by atoms with Gasteiger partial charge in [-0.3, -0.25) is 4.79 Å². The van der Waals surface area contributed by atoms with Crippen LogP contribution in [0.5, 0.6) is 0 Å². The van der Waals surface area contributed by atoms with Crippen molar-refractivity contribution >= 4 is 17.4 Å². The molecule has 2 aromatic heterocycles. The van der Waals surface area contributed by atoms with Crippen LogP contribution in [0.25, 0.3) is 5.78 Å². The first-order chi connectivity index (χ1) is 11.9. The Bertz CT molecular complexity index is 884. The minimum Gasteiger partial charge on any atom is -0.378 e. The number of nitrogens with zero attached hydrogens (tertiary/aromatic N) is 5. The van der Waals surface area contributed by atoms with E-state index in [0.29, 0.717) is 5.78 Å². The van der Waals surface area contributed by atoms with Crippen LogP contribution >= 0.6 is 0 Å². The van der Waals surface area contributed by atoms with E-state index in [0.717, 1.165) is 17.8 Å². The van der Waals surface area contributed by atoms with Crippen molar-refractivity contribution in [3.05, 3.63) is 53.6 Å². The number of aryl methyl sites for hydroxylation is 1. The molecule has 0 aliphatic rings. The summed E-state index contributed by atoms with van der Waals surface area (Å²) < 4.78 is 1.57. The topological polar surface area (TPSA) is 75.4 Å². The minimum absolute atomic E-state index is 0.0293. The molecule has 25 heavy (non-hydrogen) atoms. The largest absolute Gasteiger partial charge is 0.378 e. The lowest BCUT2D eigenvalue weighted by Gasteiger charge is -2.15. The van der Waals surface area contributed by atoms with Crippen molar-refractivity contribution in [1.29, 1.82) is 0 Å². The molecule has 0 saturated heterocycles. The number of fused-ring (bicyclic) bond motifs is 1. The van der Waals surface area contributed by atoms with Crippen LogP contribution in [0.4, 0.5) is 5.69 Å². The summed E-state index contributed by atoms with van der Waals surface area (Å²) >= 11 is 0. The fraction of sp³-hybridized carbons (Fsp3) is 0.333. The van der Waals surface area contributed by atoms with Gasteiger partial charge in [0.1, 0.15) is 0 Å². The summed E-state index contributed by atoms with van der Waals surface area (Å²) in [7, 11) is 4.02. The van der Waals surface area contributed by atoms with Crippen molar-refractivity contribution in [3.63, 3.8) is 0 Å². The van der Waals surface area contributed by atoms with Gasteiger partial charge in [0.2, 0.25) is 5.82 Å². The number of anilines is 1. The highest BCUT2D eigenvalue weighted by atomic mass is 16.2. The molecule has 0 saturated carbocycles. The molecule has 7 nitrogen and oxygen atoms in total. The van der Waals surface area contributed by atoms with Crippen molar-refractivity contribution in [2.24, 2.45) is 0 Å². The van der Waals surface area contributed by atoms with Gasteiger partial charge in [-0.15, -0.1) is 5.10 Å². The van der Waals surface area contributed by atoms with Crippen LogP contribution in [-0.4, -0.2) is 45.6 Å². The van der Waals surface area contributed by atoms with E-state index in [1.54, 1.807) is 10.7 Å². The molecule has 1 aromatic carbocycles. The first-order valence-corrected chi connectivity index (χ1v) is 8.19. The van der Waals surface area contributed by atoms with Gasteiger partial charge in [-0.1, -0.05) is 12.1 Å². The van der Waals surface area contributed by atoms with Gasteiger partial charge >= 0.3 is 0 Å². The van der Waals surface area contributed by atoms with Gasteiger partial charge in [0, 0.05) is 37.7 Å². The molecular formula is C18H22N6O. The van der Waals surface area contributed by atoms with Crippen LogP contribution in [0, 0.1) is 6.92 Å². The predicted molar refractivity (Wildman–Crippen MR) is 96.9 cm³/mol. The van der Waals surface area contributed by atoms with E-state index in [4.69, 9.17) is 0 Å². The third-order valence-corrected chi connectivity index (χ3v) is 4.01. The molecule has 1 atom stereocenters. The Labute approximate surface area is 146 Å². The van der Waals surface area contributed by atoms with E-state index in [1.165, 1.54) is 5.56 Å². The summed E-state index contributed by atoms with van der Waals surface area (Å²) in [6.45, 7) is 3.86. The maximum absolute atomic E-state index is 12.4. The Morgan fingerprint density at radius 1 is 1.24 bits per heavy atom. The molecule has 1 amide bonds. The van der Waals surface area contributed by atoms with E-state index in [1.807, 2.05) is 34.0 Å². The van der Waals surface area contributed by atoms with Gasteiger partial charge in [-0.2, -0.15) is 4.98 Å². The summed E-state index contributed by atoms with van der Waals surface area (Å²) in [5, 5.41) is 7.18. The van der Waals surface area contributed by atoms with E-state index in [2.05, 4.69) is 49.5 Å². The number of benzene rings is 1. The first kappa shape index (κ1) is 16.9. The maximum atomic E-state index is 12.4. The summed E-state index contributed by atoms with van der Waals surface area (Å²) in [5.74, 6) is 0.274. The number of carbonyl (C=O) groups excluding carboxylic acids is 1. The molecule has 3 rings (SSSR count). The highest BCUT2D eigenvalue weighted by Crippen LogP contribution is 2.13. The Hall–Kier alpha value is -2.96. The van der Waals surface area contributed by atoms with Crippen molar-refractivity contribution in [1.82, 2.24) is 24.9 Å². The minimum atomic E-state index is -0.290. The quantitative estimate of drug-likeness (QED) is 0.768. The van der Waals surface area contributed by atoms with Crippen LogP contribution in [0.2, 0.25) is 0 Å². The second-order valence-corrected chi connectivity index (χ2v) is 6.37. The summed E-state index contributed by atoms with van der Waals surface area (Å²) in [4.78, 5) is 22.7. The van der Waals surface area contributed by atoms with Crippen molar-refractivity contribution in [2.45, 2.75) is 26.3 Å². The zero-order chi connectivity index (χ0) is 18.0. The van der Waals surface area contributed by atoms with Crippen molar-refractivity contribution in [3.8, 4) is 0 Å². The Morgan fingerprint density at radius 2 is 1.96 bits per heavy atom. The Morgan fingerprint density at radius 3 is 2.60 bits per heavy atom. The van der Waals surface area contributed by atoms with Crippen LogP contribution in [0.1, 0.15) is 28.8 Å². The SMILES string of the molecule is Cc1ccnc2nc(C(=O)N[C@H](C)Cc3ccc(N(C)C)cc3)nn12. The van der Waals surface area contributed by atoms with E-state index in [-0.39, 0.29) is 17.8 Å². The number of carbonyl (C=O) groups is 1. The number of hydrogen-bond donors (Lipinski definition) is 1. The van der Waals surface area contributed by atoms with Crippen LogP contribution in [-0.2, 0) is 6.42 Å². The summed E-state index contributed by atoms with van der Waals surface area (Å²) in [6.07, 6.45) is 2.39. The van der Waals surface area contributed by atoms with E-state index >= 15 is 0 Å². The summed E-state index contributed by atoms with van der Waals surface area (Å²) in [5.41, 5.74) is 3.20. The fourth-order valence-corrected chi connectivity index (χ4v) is 2.63. The molecule has 7 heteroatoms. The van der Waals surface area contributed by atoms with Crippen LogP contribution in [0.3, 0.4) is 0 Å². The predicted octanol–water partition coefficient (Wildman–Crippen LogP) is 1.86. The molecule has 2 heterocycles. The van der Waals surface area contributed by atoms with Gasteiger partial charge < -0.3 is 10.2 Å². The molecule has 130 valence electrons. The molecule has 0 aliphatic carbocycles. The lowest BCUT2D eigenvalue weighted by atomic mass is 10.1. The third-order valence-electron chi connectivity index (χ3n) is 4.01. The van der Waals surface area contributed by atoms with Gasteiger partial charge in [0.25, 0.3) is 11.7 Å². The lowest BCUT2D eigenvalue weighted by Crippen LogP contribution is -2.34. The van der Waals surface area contributed by atoms with Gasteiger partial charge in [-0.05, 0) is 44.0 Å². The molecule has 0 spiro atoms. The average Bonchev–Trinajstić information content (AvgIpc) is 3.01. The second kappa shape index (κ2) is 6.88. The van der Waals surface area contributed by atoms with Gasteiger partial charge in [0.15, 0.2) is 0 Å². The Balaban J connectivity index is 1.66. The average molecular weight is 338 g/mol. The standard InChI is InChI=1S/C18H22N6O/c1-12(11-14-5-7-15(8-6-14)23(3)4)20-17(25)16-21-18-19-10-9-13(2)24(18)22-16/h5-10,12H,11H2,1-4H3,(H,20,25)/t12-/m1/s1. The number of hydrogen-bond acceptors (Lipinski definition) is 5. The number of rotatable bonds is 5. The number of amides is 1. The molecule has 0 bridgehead atoms. The zero-order valence-corrected chi connectivity index (χ0v) is 14.9. The van der Waals surface area contributed by atoms with Gasteiger partial charge in [-0.25, -0.2) is 9.50 Å². The van der Waals surface area contributed by atoms with Crippen LogP contribution in [0.15, 0.2) is 36.5 Å². The normalized spacial score (nSPS) is 12.2. The van der Waals surface area contributed by atoms with Crippen molar-refractivity contribution in [2.75, 3.05) is 19.0 Å². The highest BCUT2D eigenvalue weighted by Gasteiger charge is 2.16. The number of aromatic nitrogens is 4. The number of nitrogens with one attached hydrogen (secondary N) is 1.